The summed E-state index contributed by atoms with van der Waals surface area (Å²) in [4.78, 5) is 4.74. The van der Waals surface area contributed by atoms with Gasteiger partial charge in [0.15, 0.2) is 0 Å². The van der Waals surface area contributed by atoms with Crippen molar-refractivity contribution in [3.63, 3.8) is 0 Å². The number of piperazine rings is 1. The van der Waals surface area contributed by atoms with E-state index in [0.717, 1.165) is 39.3 Å². The second kappa shape index (κ2) is 8.01. The predicted molar refractivity (Wildman–Crippen MR) is 111 cm³/mol. The van der Waals surface area contributed by atoms with Crippen molar-refractivity contribution in [2.45, 2.75) is 26.0 Å². The highest BCUT2D eigenvalue weighted by Gasteiger charge is 2.37. The first-order chi connectivity index (χ1) is 13.1. The van der Waals surface area contributed by atoms with Crippen LogP contribution in [-0.4, -0.2) is 55.5 Å². The standard InChI is InChI=1S/C23H31N3O/c1-17-8-9-18(2)22(14-17)25-10-12-26(13-11-25)23(27)21-16-24-15-20(21)19-6-4-3-5-7-19/h3-9,14,20-21,23-24,27H,10-13,15-16H2,1-2H3/t20-,21+,23?/m0/s1. The number of anilines is 1. The molecule has 0 spiro atoms. The lowest BCUT2D eigenvalue weighted by Crippen LogP contribution is -2.53. The SMILES string of the molecule is Cc1ccc(C)c(N2CCN(C(O)[C@@H]3CNC[C@H]3c3ccccc3)CC2)c1. The average molecular weight is 366 g/mol. The van der Waals surface area contributed by atoms with Crippen LogP contribution in [0.25, 0.3) is 0 Å². The summed E-state index contributed by atoms with van der Waals surface area (Å²) < 4.78 is 0. The summed E-state index contributed by atoms with van der Waals surface area (Å²) in [6, 6.07) is 17.3. The molecule has 144 valence electrons. The molecule has 2 saturated heterocycles. The van der Waals surface area contributed by atoms with Gasteiger partial charge < -0.3 is 15.3 Å². The maximum absolute atomic E-state index is 11.1. The molecule has 4 heteroatoms. The quantitative estimate of drug-likeness (QED) is 0.874. The van der Waals surface area contributed by atoms with Gasteiger partial charge in [0, 0.05) is 56.8 Å². The minimum absolute atomic E-state index is 0.250. The minimum Gasteiger partial charge on any atom is -0.378 e. The zero-order valence-corrected chi connectivity index (χ0v) is 16.4. The van der Waals surface area contributed by atoms with E-state index in [4.69, 9.17) is 0 Å². The molecule has 2 fully saturated rings. The molecule has 2 heterocycles. The molecule has 2 N–H and O–H groups in total. The Morgan fingerprint density at radius 3 is 2.44 bits per heavy atom. The Labute approximate surface area is 162 Å². The molecular formula is C23H31N3O. The molecule has 0 saturated carbocycles. The van der Waals surface area contributed by atoms with Crippen molar-refractivity contribution in [3.05, 3.63) is 65.2 Å². The zero-order chi connectivity index (χ0) is 18.8. The van der Waals surface area contributed by atoms with Crippen molar-refractivity contribution in [1.29, 1.82) is 0 Å². The highest BCUT2D eigenvalue weighted by Crippen LogP contribution is 2.32. The predicted octanol–water partition coefficient (Wildman–Crippen LogP) is 2.75. The van der Waals surface area contributed by atoms with Gasteiger partial charge >= 0.3 is 0 Å². The van der Waals surface area contributed by atoms with Crippen LogP contribution in [0, 0.1) is 19.8 Å². The van der Waals surface area contributed by atoms with E-state index < -0.39 is 0 Å². The summed E-state index contributed by atoms with van der Waals surface area (Å²) in [7, 11) is 0. The molecule has 0 bridgehead atoms. The van der Waals surface area contributed by atoms with Gasteiger partial charge in [-0.15, -0.1) is 0 Å². The van der Waals surface area contributed by atoms with E-state index in [1.165, 1.54) is 22.4 Å². The number of nitrogens with one attached hydrogen (secondary N) is 1. The summed E-state index contributed by atoms with van der Waals surface area (Å²) in [6.45, 7) is 9.94. The molecule has 2 aromatic carbocycles. The molecule has 4 nitrogen and oxygen atoms in total. The molecule has 0 amide bonds. The van der Waals surface area contributed by atoms with Gasteiger partial charge in [0.25, 0.3) is 0 Å². The van der Waals surface area contributed by atoms with Gasteiger partial charge in [0.05, 0.1) is 0 Å². The lowest BCUT2D eigenvalue weighted by atomic mass is 9.87. The third-order valence-corrected chi connectivity index (χ3v) is 6.27. The number of aliphatic hydroxyl groups is 1. The topological polar surface area (TPSA) is 38.7 Å². The van der Waals surface area contributed by atoms with Crippen LogP contribution < -0.4 is 10.2 Å². The molecule has 4 rings (SSSR count). The van der Waals surface area contributed by atoms with E-state index in [-0.39, 0.29) is 12.1 Å². The van der Waals surface area contributed by atoms with Crippen LogP contribution in [0.1, 0.15) is 22.6 Å². The molecular weight excluding hydrogens is 334 g/mol. The first-order valence-electron chi connectivity index (χ1n) is 10.1. The lowest BCUT2D eigenvalue weighted by Gasteiger charge is -2.41. The fourth-order valence-electron chi connectivity index (χ4n) is 4.64. The first-order valence-corrected chi connectivity index (χ1v) is 10.1. The molecule has 27 heavy (non-hydrogen) atoms. The van der Waals surface area contributed by atoms with E-state index >= 15 is 0 Å². The summed E-state index contributed by atoms with van der Waals surface area (Å²) >= 11 is 0. The van der Waals surface area contributed by atoms with Gasteiger partial charge in [-0.2, -0.15) is 0 Å². The minimum atomic E-state index is -0.383. The third-order valence-electron chi connectivity index (χ3n) is 6.27. The van der Waals surface area contributed by atoms with Crippen LogP contribution in [0.15, 0.2) is 48.5 Å². The summed E-state index contributed by atoms with van der Waals surface area (Å²) in [5.41, 5.74) is 5.31. The van der Waals surface area contributed by atoms with Crippen LogP contribution in [0.2, 0.25) is 0 Å². The van der Waals surface area contributed by atoms with E-state index in [0.29, 0.717) is 5.92 Å². The van der Waals surface area contributed by atoms with Gasteiger partial charge in [0.1, 0.15) is 6.23 Å². The van der Waals surface area contributed by atoms with Gasteiger partial charge in [-0.3, -0.25) is 4.90 Å². The molecule has 0 aromatic heterocycles. The second-order valence-electron chi connectivity index (χ2n) is 8.07. The summed E-state index contributed by atoms with van der Waals surface area (Å²) in [5, 5.41) is 14.6. The van der Waals surface area contributed by atoms with Crippen molar-refractivity contribution in [2.24, 2.45) is 5.92 Å². The fourth-order valence-corrected chi connectivity index (χ4v) is 4.64. The number of benzene rings is 2. The zero-order valence-electron chi connectivity index (χ0n) is 16.4. The van der Waals surface area contributed by atoms with Crippen molar-refractivity contribution in [2.75, 3.05) is 44.2 Å². The van der Waals surface area contributed by atoms with Crippen molar-refractivity contribution < 1.29 is 5.11 Å². The third kappa shape index (κ3) is 3.88. The van der Waals surface area contributed by atoms with Crippen molar-refractivity contribution in [1.82, 2.24) is 10.2 Å². The normalized spacial score (nSPS) is 24.9. The molecule has 2 aliphatic heterocycles. The maximum Gasteiger partial charge on any atom is 0.112 e. The van der Waals surface area contributed by atoms with Crippen LogP contribution in [0.5, 0.6) is 0 Å². The van der Waals surface area contributed by atoms with Gasteiger partial charge in [0.2, 0.25) is 0 Å². The van der Waals surface area contributed by atoms with Gasteiger partial charge in [-0.1, -0.05) is 42.5 Å². The summed E-state index contributed by atoms with van der Waals surface area (Å²) in [5.74, 6) is 0.637. The number of rotatable bonds is 4. The van der Waals surface area contributed by atoms with E-state index in [9.17, 15) is 5.11 Å². The van der Waals surface area contributed by atoms with Crippen LogP contribution >= 0.6 is 0 Å². The highest BCUT2D eigenvalue weighted by molar-refractivity contribution is 5.55. The Balaban J connectivity index is 1.41. The lowest BCUT2D eigenvalue weighted by molar-refractivity contribution is -0.0414. The molecule has 0 radical (unpaired) electrons. The number of aliphatic hydroxyl groups excluding tert-OH is 1. The first kappa shape index (κ1) is 18.5. The smallest absolute Gasteiger partial charge is 0.112 e. The largest absolute Gasteiger partial charge is 0.378 e. The number of hydrogen-bond donors (Lipinski definition) is 2. The Morgan fingerprint density at radius 2 is 1.70 bits per heavy atom. The van der Waals surface area contributed by atoms with Crippen LogP contribution in [-0.2, 0) is 0 Å². The number of aryl methyl sites for hydroxylation is 2. The van der Waals surface area contributed by atoms with Crippen LogP contribution in [0.4, 0.5) is 5.69 Å². The summed E-state index contributed by atoms with van der Waals surface area (Å²) in [6.07, 6.45) is -0.383. The average Bonchev–Trinajstić information content (AvgIpc) is 3.20. The molecule has 2 aliphatic rings. The van der Waals surface area contributed by atoms with Crippen molar-refractivity contribution >= 4 is 5.69 Å². The number of hydrogen-bond acceptors (Lipinski definition) is 4. The second-order valence-corrected chi connectivity index (χ2v) is 8.07. The van der Waals surface area contributed by atoms with Crippen molar-refractivity contribution in [3.8, 4) is 0 Å². The Bertz CT molecular complexity index is 755. The molecule has 2 aromatic rings. The van der Waals surface area contributed by atoms with Gasteiger partial charge in [-0.05, 0) is 36.6 Å². The Hall–Kier alpha value is -1.88. The van der Waals surface area contributed by atoms with Gasteiger partial charge in [-0.25, -0.2) is 0 Å². The Morgan fingerprint density at radius 1 is 0.963 bits per heavy atom. The van der Waals surface area contributed by atoms with Crippen LogP contribution in [0.3, 0.4) is 0 Å². The monoisotopic (exact) mass is 365 g/mol. The number of nitrogens with zero attached hydrogens (tertiary/aromatic N) is 2. The molecule has 0 aliphatic carbocycles. The Kier molecular flexibility index (Phi) is 5.48. The van der Waals surface area contributed by atoms with E-state index in [2.05, 4.69) is 77.5 Å². The van der Waals surface area contributed by atoms with E-state index in [1.807, 2.05) is 0 Å². The van der Waals surface area contributed by atoms with E-state index in [1.54, 1.807) is 0 Å². The highest BCUT2D eigenvalue weighted by atomic mass is 16.3. The molecule has 1 unspecified atom stereocenters. The maximum atomic E-state index is 11.1. The molecule has 3 atom stereocenters. The fraction of sp³-hybridized carbons (Fsp3) is 0.478.